The largest absolute Gasteiger partial charge is 0.328 e. The van der Waals surface area contributed by atoms with Crippen LogP contribution in [0.2, 0.25) is 0 Å². The number of benzene rings is 3. The Kier molecular flexibility index (Phi) is 7.10. The SMILES string of the molecule is CCc1ccc([C@H]([NH2+]CC(=O)Nc2c(C)cccc2[N+](=O)[O-])c2cccc(F)c2)cc1. The van der Waals surface area contributed by atoms with Gasteiger partial charge < -0.3 is 10.6 Å². The fourth-order valence-corrected chi connectivity index (χ4v) is 3.51. The van der Waals surface area contributed by atoms with Crippen molar-refractivity contribution in [3.05, 3.63) is 105 Å². The minimum Gasteiger partial charge on any atom is -0.328 e. The number of quaternary nitrogens is 1. The zero-order valence-corrected chi connectivity index (χ0v) is 17.5. The molecule has 0 fully saturated rings. The van der Waals surface area contributed by atoms with E-state index < -0.39 is 4.92 Å². The molecular formula is C24H25FN3O3+. The Labute approximate surface area is 180 Å². The van der Waals surface area contributed by atoms with E-state index in [9.17, 15) is 19.3 Å². The second kappa shape index (κ2) is 9.95. The minimum absolute atomic E-state index is 0.0161. The van der Waals surface area contributed by atoms with E-state index >= 15 is 0 Å². The van der Waals surface area contributed by atoms with Crippen molar-refractivity contribution in [3.8, 4) is 0 Å². The van der Waals surface area contributed by atoms with Crippen molar-refractivity contribution in [2.45, 2.75) is 26.3 Å². The third-order valence-corrected chi connectivity index (χ3v) is 5.21. The lowest BCUT2D eigenvalue weighted by atomic mass is 9.97. The molecule has 3 N–H and O–H groups in total. The number of para-hydroxylation sites is 1. The van der Waals surface area contributed by atoms with Crippen molar-refractivity contribution in [1.82, 2.24) is 0 Å². The quantitative estimate of drug-likeness (QED) is 0.426. The lowest BCUT2D eigenvalue weighted by Crippen LogP contribution is -2.87. The van der Waals surface area contributed by atoms with Crippen LogP contribution in [0.5, 0.6) is 0 Å². The summed E-state index contributed by atoms with van der Waals surface area (Å²) in [4.78, 5) is 23.4. The number of nitrogens with two attached hydrogens (primary N) is 1. The van der Waals surface area contributed by atoms with E-state index in [0.29, 0.717) is 5.56 Å². The van der Waals surface area contributed by atoms with Crippen LogP contribution in [-0.2, 0) is 11.2 Å². The van der Waals surface area contributed by atoms with Crippen LogP contribution in [0.4, 0.5) is 15.8 Å². The third-order valence-electron chi connectivity index (χ3n) is 5.21. The molecule has 0 saturated carbocycles. The van der Waals surface area contributed by atoms with Gasteiger partial charge in [0.1, 0.15) is 17.5 Å². The predicted octanol–water partition coefficient (Wildman–Crippen LogP) is 3.90. The molecular weight excluding hydrogens is 397 g/mol. The molecule has 0 aromatic heterocycles. The molecule has 0 aliphatic carbocycles. The second-order valence-electron chi connectivity index (χ2n) is 7.34. The summed E-state index contributed by atoms with van der Waals surface area (Å²) in [7, 11) is 0. The molecule has 3 aromatic carbocycles. The maximum Gasteiger partial charge on any atom is 0.293 e. The molecule has 1 atom stereocenters. The van der Waals surface area contributed by atoms with E-state index in [1.54, 1.807) is 30.4 Å². The van der Waals surface area contributed by atoms with Crippen LogP contribution in [0.1, 0.15) is 35.2 Å². The van der Waals surface area contributed by atoms with Crippen LogP contribution >= 0.6 is 0 Å². The summed E-state index contributed by atoms with van der Waals surface area (Å²) in [5, 5.41) is 15.7. The first-order valence-electron chi connectivity index (χ1n) is 10.1. The number of hydrogen-bond acceptors (Lipinski definition) is 3. The molecule has 160 valence electrons. The van der Waals surface area contributed by atoms with Crippen molar-refractivity contribution < 1.29 is 19.4 Å². The van der Waals surface area contributed by atoms with E-state index in [1.807, 2.05) is 30.3 Å². The molecule has 3 aromatic rings. The highest BCUT2D eigenvalue weighted by Crippen LogP contribution is 2.27. The molecule has 1 amide bonds. The van der Waals surface area contributed by atoms with Crippen molar-refractivity contribution >= 4 is 17.3 Å². The first-order chi connectivity index (χ1) is 14.9. The van der Waals surface area contributed by atoms with Crippen LogP contribution in [0.25, 0.3) is 0 Å². The topological polar surface area (TPSA) is 88.8 Å². The Balaban J connectivity index is 1.81. The Bertz CT molecular complexity index is 1080. The number of hydrogen-bond donors (Lipinski definition) is 2. The molecule has 0 unspecified atom stereocenters. The number of carbonyl (C=O) groups excluding carboxylic acids is 1. The van der Waals surface area contributed by atoms with E-state index in [0.717, 1.165) is 17.5 Å². The summed E-state index contributed by atoms with van der Waals surface area (Å²) in [5.41, 5.74) is 3.52. The van der Waals surface area contributed by atoms with E-state index in [4.69, 9.17) is 0 Å². The van der Waals surface area contributed by atoms with Gasteiger partial charge in [-0.2, -0.15) is 0 Å². The molecule has 6 nitrogen and oxygen atoms in total. The maximum atomic E-state index is 13.9. The summed E-state index contributed by atoms with van der Waals surface area (Å²) >= 11 is 0. The van der Waals surface area contributed by atoms with Gasteiger partial charge in [-0.25, -0.2) is 4.39 Å². The highest BCUT2D eigenvalue weighted by atomic mass is 19.1. The average Bonchev–Trinajstić information content (AvgIpc) is 2.75. The number of halogens is 1. The molecule has 0 bridgehead atoms. The Morgan fingerprint density at radius 2 is 1.81 bits per heavy atom. The maximum absolute atomic E-state index is 13.9. The lowest BCUT2D eigenvalue weighted by Gasteiger charge is -2.17. The van der Waals surface area contributed by atoms with Crippen molar-refractivity contribution in [2.75, 3.05) is 11.9 Å². The highest BCUT2D eigenvalue weighted by Gasteiger charge is 2.22. The van der Waals surface area contributed by atoms with Crippen molar-refractivity contribution in [3.63, 3.8) is 0 Å². The van der Waals surface area contributed by atoms with Gasteiger partial charge in [-0.3, -0.25) is 14.9 Å². The Morgan fingerprint density at radius 1 is 1.10 bits per heavy atom. The number of nitro benzene ring substituents is 1. The summed E-state index contributed by atoms with van der Waals surface area (Å²) in [5.74, 6) is -0.718. The van der Waals surface area contributed by atoms with Crippen molar-refractivity contribution in [1.29, 1.82) is 0 Å². The first kappa shape index (κ1) is 22.1. The summed E-state index contributed by atoms with van der Waals surface area (Å²) < 4.78 is 13.9. The third kappa shape index (κ3) is 5.52. The molecule has 3 rings (SSSR count). The van der Waals surface area contributed by atoms with Crippen LogP contribution in [0.15, 0.2) is 66.7 Å². The number of anilines is 1. The molecule has 0 spiro atoms. The molecule has 0 saturated heterocycles. The molecule has 0 heterocycles. The van der Waals surface area contributed by atoms with Gasteiger partial charge in [0, 0.05) is 17.2 Å². The van der Waals surface area contributed by atoms with E-state index in [1.165, 1.54) is 23.8 Å². The van der Waals surface area contributed by atoms with Gasteiger partial charge in [0.15, 0.2) is 6.54 Å². The van der Waals surface area contributed by atoms with Crippen LogP contribution in [0, 0.1) is 22.9 Å². The smallest absolute Gasteiger partial charge is 0.293 e. The van der Waals surface area contributed by atoms with Gasteiger partial charge in [-0.1, -0.05) is 55.5 Å². The van der Waals surface area contributed by atoms with Gasteiger partial charge in [-0.15, -0.1) is 0 Å². The molecule has 7 heteroatoms. The molecule has 0 aliphatic rings. The fraction of sp³-hybridized carbons (Fsp3) is 0.208. The van der Waals surface area contributed by atoms with Gasteiger partial charge in [0.05, 0.1) is 4.92 Å². The number of rotatable bonds is 8. The first-order valence-corrected chi connectivity index (χ1v) is 10.1. The molecule has 0 aliphatic heterocycles. The molecule has 0 radical (unpaired) electrons. The number of nitro groups is 1. The van der Waals surface area contributed by atoms with E-state index in [-0.39, 0.29) is 35.7 Å². The van der Waals surface area contributed by atoms with E-state index in [2.05, 4.69) is 12.2 Å². The van der Waals surface area contributed by atoms with Gasteiger partial charge in [-0.05, 0) is 36.6 Å². The van der Waals surface area contributed by atoms with Gasteiger partial charge in [0.2, 0.25) is 0 Å². The number of nitrogens with one attached hydrogen (secondary N) is 1. The summed E-state index contributed by atoms with van der Waals surface area (Å²) in [6.07, 6.45) is 0.909. The van der Waals surface area contributed by atoms with Crippen molar-refractivity contribution in [2.24, 2.45) is 0 Å². The number of carbonyl (C=O) groups is 1. The Hall–Kier alpha value is -3.58. The fourth-order valence-electron chi connectivity index (χ4n) is 3.51. The average molecular weight is 422 g/mol. The second-order valence-corrected chi connectivity index (χ2v) is 7.34. The number of nitrogens with zero attached hydrogens (tertiary/aromatic N) is 1. The zero-order valence-electron chi connectivity index (χ0n) is 17.5. The van der Waals surface area contributed by atoms with Gasteiger partial charge in [0.25, 0.3) is 11.6 Å². The monoisotopic (exact) mass is 422 g/mol. The summed E-state index contributed by atoms with van der Waals surface area (Å²) in [6.45, 7) is 3.79. The minimum atomic E-state index is -0.517. The predicted molar refractivity (Wildman–Crippen MR) is 117 cm³/mol. The lowest BCUT2D eigenvalue weighted by molar-refractivity contribution is -0.676. The standard InChI is InChI=1S/C24H24FN3O3/c1-3-17-10-12-18(13-11-17)24(19-7-5-8-20(25)14-19)26-15-22(29)27-23-16(2)6-4-9-21(23)28(30)31/h4-14,24,26H,3,15H2,1-2H3,(H,27,29)/p+1/t24-/m0/s1. The summed E-state index contributed by atoms with van der Waals surface area (Å²) in [6, 6.07) is 18.7. The molecule has 31 heavy (non-hydrogen) atoms. The highest BCUT2D eigenvalue weighted by molar-refractivity contribution is 5.94. The van der Waals surface area contributed by atoms with Crippen LogP contribution < -0.4 is 10.6 Å². The zero-order chi connectivity index (χ0) is 22.4. The number of aryl methyl sites for hydroxylation is 2. The van der Waals surface area contributed by atoms with Gasteiger partial charge >= 0.3 is 0 Å². The van der Waals surface area contributed by atoms with Crippen LogP contribution in [0.3, 0.4) is 0 Å². The normalized spacial score (nSPS) is 11.7. The Morgan fingerprint density at radius 3 is 2.45 bits per heavy atom. The van der Waals surface area contributed by atoms with Crippen LogP contribution in [-0.4, -0.2) is 17.4 Å². The number of amides is 1.